The zero-order chi connectivity index (χ0) is 51.8. The van der Waals surface area contributed by atoms with E-state index >= 15 is 0 Å². The van der Waals surface area contributed by atoms with Crippen LogP contribution in [0.3, 0.4) is 0 Å². The molecule has 1 saturated heterocycles. The highest BCUT2D eigenvalue weighted by atomic mass is 16.7. The summed E-state index contributed by atoms with van der Waals surface area (Å²) in [5, 5.41) is 31.4. The van der Waals surface area contributed by atoms with E-state index in [1.54, 1.807) is 0 Å². The Labute approximate surface area is 429 Å². The van der Waals surface area contributed by atoms with Crippen LogP contribution < -0.4 is 0 Å². The van der Waals surface area contributed by atoms with Gasteiger partial charge in [-0.15, -0.1) is 0 Å². The number of ether oxygens (including phenoxy) is 5. The van der Waals surface area contributed by atoms with E-state index < -0.39 is 67.3 Å². The summed E-state index contributed by atoms with van der Waals surface area (Å²) in [6, 6.07) is 0. The molecule has 1 rings (SSSR count). The first-order valence-corrected chi connectivity index (χ1v) is 27.9. The maximum atomic E-state index is 13.0. The summed E-state index contributed by atoms with van der Waals surface area (Å²) in [6.45, 7) is 5.81. The van der Waals surface area contributed by atoms with Gasteiger partial charge in [-0.2, -0.15) is 0 Å². The van der Waals surface area contributed by atoms with E-state index in [1.807, 2.05) is 18.2 Å². The first-order chi connectivity index (χ1) is 34.6. The highest BCUT2D eigenvalue weighted by Crippen LogP contribution is 2.26. The van der Waals surface area contributed by atoms with E-state index in [2.05, 4.69) is 75.5 Å². The zero-order valence-corrected chi connectivity index (χ0v) is 44.4. The molecule has 0 amide bonds. The zero-order valence-electron chi connectivity index (χ0n) is 44.4. The maximum Gasteiger partial charge on any atom is 0.335 e. The number of carbonyl (C=O) groups is 4. The van der Waals surface area contributed by atoms with Crippen LogP contribution in [-0.2, 0) is 42.9 Å². The van der Waals surface area contributed by atoms with Crippen molar-refractivity contribution in [1.82, 2.24) is 0 Å². The molecule has 0 aromatic heterocycles. The van der Waals surface area contributed by atoms with E-state index in [0.29, 0.717) is 25.7 Å². The van der Waals surface area contributed by atoms with Crippen molar-refractivity contribution in [2.45, 2.75) is 263 Å². The van der Waals surface area contributed by atoms with Gasteiger partial charge in [0.15, 0.2) is 24.6 Å². The van der Waals surface area contributed by atoms with Crippen LogP contribution in [-0.4, -0.2) is 89.2 Å². The predicted octanol–water partition coefficient (Wildman–Crippen LogP) is 13.8. The second-order valence-electron chi connectivity index (χ2n) is 18.9. The number of carbonyl (C=O) groups excluding carboxylic acids is 3. The SMILES string of the molecule is CC/C=C\C/C=C\C/C=C\C/C=C\C/C=C\C/C=C\CCC(=O)OC1C(OCC(COC(=O)CCCCCCCCCCCCCCC)OC(=O)CCCCCCCCCCC)OC(C(=O)O)C(O)C1O. The third-order valence-corrected chi connectivity index (χ3v) is 12.3. The second kappa shape index (κ2) is 47.2. The van der Waals surface area contributed by atoms with Crippen molar-refractivity contribution in [1.29, 1.82) is 0 Å². The van der Waals surface area contributed by atoms with Crippen LogP contribution in [0, 0.1) is 0 Å². The Bertz CT molecular complexity index is 1510. The topological polar surface area (TPSA) is 175 Å². The Morgan fingerprint density at radius 3 is 1.32 bits per heavy atom. The van der Waals surface area contributed by atoms with Crippen LogP contribution in [0.1, 0.15) is 226 Å². The summed E-state index contributed by atoms with van der Waals surface area (Å²) in [4.78, 5) is 50.8. The lowest BCUT2D eigenvalue weighted by molar-refractivity contribution is -0.301. The molecule has 71 heavy (non-hydrogen) atoms. The van der Waals surface area contributed by atoms with Gasteiger partial charge in [0.2, 0.25) is 0 Å². The molecule has 0 aromatic carbocycles. The summed E-state index contributed by atoms with van der Waals surface area (Å²) >= 11 is 0. The van der Waals surface area contributed by atoms with Crippen LogP contribution in [0.2, 0.25) is 0 Å². The Morgan fingerprint density at radius 1 is 0.479 bits per heavy atom. The summed E-state index contributed by atoms with van der Waals surface area (Å²) in [7, 11) is 0. The summed E-state index contributed by atoms with van der Waals surface area (Å²) in [5.74, 6) is -3.23. The van der Waals surface area contributed by atoms with Crippen LogP contribution in [0.15, 0.2) is 72.9 Å². The number of esters is 3. The van der Waals surface area contributed by atoms with Crippen LogP contribution in [0.25, 0.3) is 0 Å². The Morgan fingerprint density at radius 2 is 0.887 bits per heavy atom. The third-order valence-electron chi connectivity index (χ3n) is 12.3. The highest BCUT2D eigenvalue weighted by Gasteiger charge is 2.50. The molecule has 1 aliphatic rings. The number of carboxylic acids is 1. The van der Waals surface area contributed by atoms with Gasteiger partial charge < -0.3 is 39.0 Å². The van der Waals surface area contributed by atoms with Crippen molar-refractivity contribution < 1.29 is 58.2 Å². The summed E-state index contributed by atoms with van der Waals surface area (Å²) in [6.07, 6.45) is 46.2. The monoisotopic (exact) mass is 999 g/mol. The van der Waals surface area contributed by atoms with Gasteiger partial charge in [0.1, 0.15) is 18.8 Å². The third kappa shape index (κ3) is 37.6. The van der Waals surface area contributed by atoms with E-state index in [0.717, 1.165) is 70.6 Å². The van der Waals surface area contributed by atoms with E-state index in [4.69, 9.17) is 23.7 Å². The van der Waals surface area contributed by atoms with Crippen molar-refractivity contribution in [2.24, 2.45) is 0 Å². The van der Waals surface area contributed by atoms with Crippen LogP contribution in [0.4, 0.5) is 0 Å². The smallest absolute Gasteiger partial charge is 0.335 e. The van der Waals surface area contributed by atoms with Crippen LogP contribution in [0.5, 0.6) is 0 Å². The van der Waals surface area contributed by atoms with Crippen molar-refractivity contribution >= 4 is 23.9 Å². The number of allylic oxidation sites excluding steroid dienone is 12. The molecule has 0 aliphatic carbocycles. The molecule has 3 N–H and O–H groups in total. The lowest BCUT2D eigenvalue weighted by Crippen LogP contribution is -2.61. The summed E-state index contributed by atoms with van der Waals surface area (Å²) < 4.78 is 28.2. The van der Waals surface area contributed by atoms with Crippen molar-refractivity contribution in [2.75, 3.05) is 13.2 Å². The molecule has 0 bridgehead atoms. The minimum atomic E-state index is -1.93. The van der Waals surface area contributed by atoms with Gasteiger partial charge in [-0.05, 0) is 57.8 Å². The fourth-order valence-corrected chi connectivity index (χ4v) is 8.04. The molecule has 406 valence electrons. The van der Waals surface area contributed by atoms with Gasteiger partial charge in [-0.3, -0.25) is 14.4 Å². The van der Waals surface area contributed by atoms with E-state index in [-0.39, 0.29) is 25.9 Å². The Hall–Kier alpha value is -3.84. The molecule has 6 atom stereocenters. The molecule has 0 spiro atoms. The number of hydrogen-bond acceptors (Lipinski definition) is 11. The van der Waals surface area contributed by atoms with Gasteiger partial charge in [0, 0.05) is 19.3 Å². The molecular weight excluding hydrogens is 901 g/mol. The summed E-state index contributed by atoms with van der Waals surface area (Å²) in [5.41, 5.74) is 0. The molecular formula is C59H98O12. The fraction of sp³-hybridized carbons (Fsp3) is 0.729. The Balaban J connectivity index is 2.72. The fourth-order valence-electron chi connectivity index (χ4n) is 8.04. The molecule has 12 nitrogen and oxygen atoms in total. The molecule has 0 aromatic rings. The molecule has 1 aliphatic heterocycles. The molecule has 6 unspecified atom stereocenters. The number of rotatable bonds is 46. The van der Waals surface area contributed by atoms with Gasteiger partial charge in [0.05, 0.1) is 6.61 Å². The van der Waals surface area contributed by atoms with Gasteiger partial charge in [-0.25, -0.2) is 4.79 Å². The number of aliphatic hydroxyl groups excluding tert-OH is 2. The number of aliphatic hydroxyl groups is 2. The average Bonchev–Trinajstić information content (AvgIpc) is 3.35. The van der Waals surface area contributed by atoms with Gasteiger partial charge in [-0.1, -0.05) is 222 Å². The minimum absolute atomic E-state index is 0.0646. The first kappa shape index (κ1) is 65.2. The lowest BCUT2D eigenvalue weighted by Gasteiger charge is -2.40. The predicted molar refractivity (Wildman–Crippen MR) is 285 cm³/mol. The normalized spacial score (nSPS) is 19.0. The maximum absolute atomic E-state index is 13.0. The second-order valence-corrected chi connectivity index (χ2v) is 18.9. The van der Waals surface area contributed by atoms with Crippen molar-refractivity contribution in [3.05, 3.63) is 72.9 Å². The molecule has 1 fully saturated rings. The highest BCUT2D eigenvalue weighted by molar-refractivity contribution is 5.74. The Kier molecular flexibility index (Phi) is 43.3. The standard InChI is InChI=1S/C59H98O12/c1-4-7-10-13-16-19-21-23-24-25-26-27-28-30-32-35-38-41-44-47-53(62)70-57-55(64)54(63)56(58(65)66)71-59(57)68-49-50(69-52(61)46-43-40-37-33-18-15-12-9-6-3)48-67-51(60)45-42-39-36-34-31-29-22-20-17-14-11-8-5-2/h7,10,16,19,23-24,26-27,30,32,38,41,50,54-57,59,63-64H,4-6,8-9,11-15,17-18,20-22,25,28-29,31,33-37,39-40,42-49H2,1-3H3,(H,65,66)/b10-7-,19-16-,24-23-,27-26-,32-30-,41-38-. The van der Waals surface area contributed by atoms with E-state index in [1.165, 1.54) is 89.9 Å². The van der Waals surface area contributed by atoms with Gasteiger partial charge >= 0.3 is 23.9 Å². The lowest BCUT2D eigenvalue weighted by atomic mass is 9.98. The molecule has 12 heteroatoms. The van der Waals surface area contributed by atoms with Crippen molar-refractivity contribution in [3.8, 4) is 0 Å². The van der Waals surface area contributed by atoms with Gasteiger partial charge in [0.25, 0.3) is 0 Å². The number of hydrogen-bond donors (Lipinski definition) is 3. The average molecular weight is 999 g/mol. The van der Waals surface area contributed by atoms with Crippen LogP contribution >= 0.6 is 0 Å². The number of unbranched alkanes of at least 4 members (excludes halogenated alkanes) is 20. The largest absolute Gasteiger partial charge is 0.479 e. The molecule has 1 heterocycles. The molecule has 0 saturated carbocycles. The van der Waals surface area contributed by atoms with E-state index in [9.17, 15) is 34.5 Å². The first-order valence-electron chi connectivity index (χ1n) is 27.9. The minimum Gasteiger partial charge on any atom is -0.479 e. The quantitative estimate of drug-likeness (QED) is 0.0228. The van der Waals surface area contributed by atoms with Crippen molar-refractivity contribution in [3.63, 3.8) is 0 Å². The number of carboxylic acid groups (broad SMARTS) is 1. The number of aliphatic carboxylic acids is 1. The molecule has 0 radical (unpaired) electrons.